The smallest absolute Gasteiger partial charge is 0.152 e. The molecular weight excluding hydrogens is 240 g/mol. The first-order valence-corrected chi connectivity index (χ1v) is 6.42. The molecule has 0 spiro atoms. The van der Waals surface area contributed by atoms with Gasteiger partial charge >= 0.3 is 0 Å². The standard InChI is InChI=1S/C15H22N2O2/c1-10(2)15(18)14(16)9-12-5-7-13(8-6-12)11(3)17-19-4/h5-8,10,14H,9,16H2,1-4H3/b17-11-. The lowest BCUT2D eigenvalue weighted by Gasteiger charge is -2.13. The Morgan fingerprint density at radius 3 is 2.37 bits per heavy atom. The molecule has 0 saturated heterocycles. The maximum atomic E-state index is 11.7. The molecule has 0 aliphatic heterocycles. The van der Waals surface area contributed by atoms with E-state index in [9.17, 15) is 4.79 Å². The van der Waals surface area contributed by atoms with Gasteiger partial charge in [0, 0.05) is 5.92 Å². The highest BCUT2D eigenvalue weighted by atomic mass is 16.6. The van der Waals surface area contributed by atoms with Crippen LogP contribution in [0.25, 0.3) is 0 Å². The van der Waals surface area contributed by atoms with E-state index in [0.29, 0.717) is 6.42 Å². The lowest BCUT2D eigenvalue weighted by atomic mass is 9.96. The fraction of sp³-hybridized carbons (Fsp3) is 0.467. The summed E-state index contributed by atoms with van der Waals surface area (Å²) >= 11 is 0. The van der Waals surface area contributed by atoms with Gasteiger partial charge in [-0.3, -0.25) is 4.79 Å². The van der Waals surface area contributed by atoms with Crippen molar-refractivity contribution in [1.29, 1.82) is 0 Å². The molecule has 4 nitrogen and oxygen atoms in total. The first kappa shape index (κ1) is 15.4. The number of nitrogens with zero attached hydrogens (tertiary/aromatic N) is 1. The van der Waals surface area contributed by atoms with Crippen molar-refractivity contribution in [2.24, 2.45) is 16.8 Å². The number of hydrogen-bond acceptors (Lipinski definition) is 4. The molecule has 104 valence electrons. The van der Waals surface area contributed by atoms with Crippen LogP contribution in [0.15, 0.2) is 29.4 Å². The zero-order valence-corrected chi connectivity index (χ0v) is 12.0. The number of carbonyl (C=O) groups is 1. The SMILES string of the molecule is CO/N=C(/C)c1ccc(CC(N)C(=O)C(C)C)cc1. The lowest BCUT2D eigenvalue weighted by molar-refractivity contribution is -0.123. The maximum Gasteiger partial charge on any atom is 0.152 e. The molecule has 2 N–H and O–H groups in total. The summed E-state index contributed by atoms with van der Waals surface area (Å²) in [5, 5.41) is 3.87. The average Bonchev–Trinajstić information content (AvgIpc) is 2.38. The zero-order valence-electron chi connectivity index (χ0n) is 12.0. The second kappa shape index (κ2) is 7.04. The zero-order chi connectivity index (χ0) is 14.4. The Kier molecular flexibility index (Phi) is 5.70. The average molecular weight is 262 g/mol. The Morgan fingerprint density at radius 1 is 1.32 bits per heavy atom. The molecule has 0 radical (unpaired) electrons. The van der Waals surface area contributed by atoms with Crippen molar-refractivity contribution in [3.8, 4) is 0 Å². The Hall–Kier alpha value is -1.68. The van der Waals surface area contributed by atoms with Gasteiger partial charge in [0.25, 0.3) is 0 Å². The van der Waals surface area contributed by atoms with Gasteiger partial charge in [-0.1, -0.05) is 43.3 Å². The van der Waals surface area contributed by atoms with E-state index in [1.807, 2.05) is 45.0 Å². The van der Waals surface area contributed by atoms with Crippen LogP contribution in [-0.2, 0) is 16.1 Å². The lowest BCUT2D eigenvalue weighted by Crippen LogP contribution is -2.35. The highest BCUT2D eigenvalue weighted by Gasteiger charge is 2.17. The normalized spacial score (nSPS) is 13.5. The van der Waals surface area contributed by atoms with Crippen molar-refractivity contribution in [2.75, 3.05) is 7.11 Å². The minimum absolute atomic E-state index is 0.0228. The van der Waals surface area contributed by atoms with E-state index in [4.69, 9.17) is 10.6 Å². The molecule has 1 rings (SSSR count). The Morgan fingerprint density at radius 2 is 1.89 bits per heavy atom. The fourth-order valence-electron chi connectivity index (χ4n) is 1.85. The molecule has 0 amide bonds. The third-order valence-corrected chi connectivity index (χ3v) is 2.99. The van der Waals surface area contributed by atoms with Crippen LogP contribution in [0.2, 0.25) is 0 Å². The van der Waals surface area contributed by atoms with Crippen LogP contribution in [0.4, 0.5) is 0 Å². The molecular formula is C15H22N2O2. The van der Waals surface area contributed by atoms with Crippen LogP contribution < -0.4 is 5.73 Å². The van der Waals surface area contributed by atoms with Crippen LogP contribution >= 0.6 is 0 Å². The predicted molar refractivity (Wildman–Crippen MR) is 77.2 cm³/mol. The topological polar surface area (TPSA) is 64.7 Å². The van der Waals surface area contributed by atoms with Gasteiger partial charge in [0.2, 0.25) is 0 Å². The van der Waals surface area contributed by atoms with Gasteiger partial charge in [-0.25, -0.2) is 0 Å². The molecule has 0 aromatic heterocycles. The number of ketones is 1. The Bertz CT molecular complexity index is 450. The number of oxime groups is 1. The number of rotatable bonds is 6. The van der Waals surface area contributed by atoms with E-state index in [0.717, 1.165) is 16.8 Å². The highest BCUT2D eigenvalue weighted by Crippen LogP contribution is 2.10. The summed E-state index contributed by atoms with van der Waals surface area (Å²) in [6, 6.07) is 7.42. The molecule has 1 aromatic rings. The highest BCUT2D eigenvalue weighted by molar-refractivity contribution is 5.98. The molecule has 0 bridgehead atoms. The van der Waals surface area contributed by atoms with E-state index in [1.54, 1.807) is 0 Å². The maximum absolute atomic E-state index is 11.7. The van der Waals surface area contributed by atoms with Gasteiger partial charge in [0.15, 0.2) is 5.78 Å². The van der Waals surface area contributed by atoms with Crippen molar-refractivity contribution < 1.29 is 9.63 Å². The fourth-order valence-corrected chi connectivity index (χ4v) is 1.85. The monoisotopic (exact) mass is 262 g/mol. The number of carbonyl (C=O) groups excluding carboxylic acids is 1. The third kappa shape index (κ3) is 4.48. The molecule has 0 aliphatic rings. The largest absolute Gasteiger partial charge is 0.399 e. The molecule has 0 aliphatic carbocycles. The molecule has 0 fully saturated rings. The quantitative estimate of drug-likeness (QED) is 0.631. The number of nitrogens with two attached hydrogens (primary N) is 1. The van der Waals surface area contributed by atoms with E-state index >= 15 is 0 Å². The first-order chi connectivity index (χ1) is 8.95. The van der Waals surface area contributed by atoms with Gasteiger partial charge in [-0.15, -0.1) is 0 Å². The van der Waals surface area contributed by atoms with Gasteiger partial charge in [0.1, 0.15) is 7.11 Å². The van der Waals surface area contributed by atoms with E-state index in [2.05, 4.69) is 5.16 Å². The molecule has 1 atom stereocenters. The van der Waals surface area contributed by atoms with Gasteiger partial charge in [0.05, 0.1) is 11.8 Å². The summed E-state index contributed by atoms with van der Waals surface area (Å²) in [6.07, 6.45) is 0.567. The Labute approximate surface area is 114 Å². The summed E-state index contributed by atoms with van der Waals surface area (Å²) in [5.74, 6) is 0.0755. The number of Topliss-reactive ketones (excluding diaryl/α,β-unsaturated/α-hetero) is 1. The van der Waals surface area contributed by atoms with Crippen molar-refractivity contribution in [2.45, 2.75) is 33.2 Å². The molecule has 19 heavy (non-hydrogen) atoms. The predicted octanol–water partition coefficient (Wildman–Crippen LogP) is 2.15. The van der Waals surface area contributed by atoms with E-state index in [-0.39, 0.29) is 11.7 Å². The second-order valence-electron chi connectivity index (χ2n) is 4.92. The van der Waals surface area contributed by atoms with E-state index < -0.39 is 6.04 Å². The third-order valence-electron chi connectivity index (χ3n) is 2.99. The van der Waals surface area contributed by atoms with E-state index in [1.165, 1.54) is 7.11 Å². The minimum Gasteiger partial charge on any atom is -0.399 e. The van der Waals surface area contributed by atoms with Crippen molar-refractivity contribution in [3.63, 3.8) is 0 Å². The van der Waals surface area contributed by atoms with Crippen molar-refractivity contribution >= 4 is 11.5 Å². The first-order valence-electron chi connectivity index (χ1n) is 6.42. The molecule has 1 unspecified atom stereocenters. The Balaban J connectivity index is 2.72. The summed E-state index contributed by atoms with van der Waals surface area (Å²) in [5.41, 5.74) is 8.76. The van der Waals surface area contributed by atoms with Crippen LogP contribution in [0.3, 0.4) is 0 Å². The summed E-state index contributed by atoms with van der Waals surface area (Å²) < 4.78 is 0. The summed E-state index contributed by atoms with van der Waals surface area (Å²) in [6.45, 7) is 5.62. The minimum atomic E-state index is -0.431. The second-order valence-corrected chi connectivity index (χ2v) is 4.92. The van der Waals surface area contributed by atoms with Crippen LogP contribution in [0, 0.1) is 5.92 Å². The molecule has 0 heterocycles. The van der Waals surface area contributed by atoms with Crippen LogP contribution in [-0.4, -0.2) is 24.6 Å². The van der Waals surface area contributed by atoms with Gasteiger partial charge in [-0.2, -0.15) is 0 Å². The number of hydrogen-bond donors (Lipinski definition) is 1. The van der Waals surface area contributed by atoms with Crippen LogP contribution in [0.5, 0.6) is 0 Å². The molecule has 0 saturated carbocycles. The van der Waals surface area contributed by atoms with Crippen LogP contribution in [0.1, 0.15) is 31.9 Å². The van der Waals surface area contributed by atoms with Crippen molar-refractivity contribution in [3.05, 3.63) is 35.4 Å². The molecule has 1 aromatic carbocycles. The molecule has 4 heteroatoms. The van der Waals surface area contributed by atoms with Crippen molar-refractivity contribution in [1.82, 2.24) is 0 Å². The van der Waals surface area contributed by atoms with Gasteiger partial charge in [-0.05, 0) is 24.5 Å². The number of benzene rings is 1. The summed E-state index contributed by atoms with van der Waals surface area (Å²) in [4.78, 5) is 16.5. The summed E-state index contributed by atoms with van der Waals surface area (Å²) in [7, 11) is 1.52. The van der Waals surface area contributed by atoms with Gasteiger partial charge < -0.3 is 10.6 Å².